The molecule has 0 unspecified atom stereocenters. The predicted molar refractivity (Wildman–Crippen MR) is 133 cm³/mol. The van der Waals surface area contributed by atoms with E-state index in [1.54, 1.807) is 7.11 Å². The number of hydrogen-bond acceptors (Lipinski definition) is 5. The van der Waals surface area contributed by atoms with Crippen molar-refractivity contribution >= 4 is 5.78 Å². The first kappa shape index (κ1) is 23.2. The van der Waals surface area contributed by atoms with Gasteiger partial charge in [0, 0.05) is 44.3 Å². The third-order valence-corrected chi connectivity index (χ3v) is 6.16. The fraction of sp³-hybridized carbons (Fsp3) is 0.321. The summed E-state index contributed by atoms with van der Waals surface area (Å²) in [5, 5.41) is 7.04. The SMILES string of the molecule is COc1ccccc1CN(CC(=O)C(c1ccccc1)c1ccccc1)C[C@H]1CNCCN1. The van der Waals surface area contributed by atoms with E-state index in [1.807, 2.05) is 78.9 Å². The molecule has 1 atom stereocenters. The first-order chi connectivity index (χ1) is 16.2. The second-order valence-corrected chi connectivity index (χ2v) is 8.56. The van der Waals surface area contributed by atoms with Crippen LogP contribution in [0.5, 0.6) is 5.75 Å². The van der Waals surface area contributed by atoms with Crippen LogP contribution in [-0.2, 0) is 11.3 Å². The molecule has 3 aromatic rings. The van der Waals surface area contributed by atoms with Gasteiger partial charge >= 0.3 is 0 Å². The number of hydrogen-bond donors (Lipinski definition) is 2. The Labute approximate surface area is 196 Å². The number of nitrogens with one attached hydrogen (secondary N) is 2. The van der Waals surface area contributed by atoms with Crippen molar-refractivity contribution in [2.24, 2.45) is 0 Å². The monoisotopic (exact) mass is 443 g/mol. The summed E-state index contributed by atoms with van der Waals surface area (Å²) in [5.74, 6) is 0.767. The summed E-state index contributed by atoms with van der Waals surface area (Å²) in [5.41, 5.74) is 3.15. The molecule has 0 spiro atoms. The van der Waals surface area contributed by atoms with Crippen LogP contribution in [-0.4, -0.2) is 56.6 Å². The van der Waals surface area contributed by atoms with Gasteiger partial charge in [-0.15, -0.1) is 0 Å². The number of ketones is 1. The number of ether oxygens (including phenoxy) is 1. The minimum atomic E-state index is -0.287. The molecule has 1 fully saturated rings. The first-order valence-electron chi connectivity index (χ1n) is 11.7. The summed E-state index contributed by atoms with van der Waals surface area (Å²) in [7, 11) is 1.70. The van der Waals surface area contributed by atoms with Gasteiger partial charge in [-0.2, -0.15) is 0 Å². The van der Waals surface area contributed by atoms with Crippen molar-refractivity contribution in [2.75, 3.05) is 39.8 Å². The van der Waals surface area contributed by atoms with Crippen molar-refractivity contribution in [1.82, 2.24) is 15.5 Å². The number of carbonyl (C=O) groups excluding carboxylic acids is 1. The number of carbonyl (C=O) groups is 1. The zero-order valence-electron chi connectivity index (χ0n) is 19.2. The van der Waals surface area contributed by atoms with Crippen molar-refractivity contribution < 1.29 is 9.53 Å². The van der Waals surface area contributed by atoms with Gasteiger partial charge in [0.1, 0.15) is 5.75 Å². The van der Waals surface area contributed by atoms with Crippen LogP contribution < -0.4 is 15.4 Å². The third kappa shape index (κ3) is 6.29. The molecule has 0 saturated carbocycles. The molecule has 0 bridgehead atoms. The van der Waals surface area contributed by atoms with E-state index in [4.69, 9.17) is 4.74 Å². The molecule has 5 heteroatoms. The molecule has 3 aromatic carbocycles. The Morgan fingerprint density at radius 3 is 2.18 bits per heavy atom. The van der Waals surface area contributed by atoms with Crippen LogP contribution in [0.2, 0.25) is 0 Å². The van der Waals surface area contributed by atoms with Crippen LogP contribution in [0.3, 0.4) is 0 Å². The van der Waals surface area contributed by atoms with Gasteiger partial charge in [0.15, 0.2) is 5.78 Å². The molecule has 1 saturated heterocycles. The van der Waals surface area contributed by atoms with E-state index in [0.29, 0.717) is 19.1 Å². The zero-order chi connectivity index (χ0) is 22.9. The summed E-state index contributed by atoms with van der Waals surface area (Å²) in [6, 6.07) is 28.5. The highest BCUT2D eigenvalue weighted by molar-refractivity contribution is 5.90. The number of para-hydroxylation sites is 1. The second-order valence-electron chi connectivity index (χ2n) is 8.56. The Morgan fingerprint density at radius 2 is 1.58 bits per heavy atom. The normalized spacial score (nSPS) is 16.2. The Hall–Kier alpha value is -2.99. The maximum atomic E-state index is 13.8. The Balaban J connectivity index is 1.59. The lowest BCUT2D eigenvalue weighted by atomic mass is 9.87. The van der Waals surface area contributed by atoms with E-state index in [2.05, 4.69) is 21.6 Å². The smallest absolute Gasteiger partial charge is 0.158 e. The molecule has 0 radical (unpaired) electrons. The van der Waals surface area contributed by atoms with Crippen molar-refractivity contribution in [3.63, 3.8) is 0 Å². The van der Waals surface area contributed by atoms with Crippen LogP contribution >= 0.6 is 0 Å². The summed E-state index contributed by atoms with van der Waals surface area (Å²) in [6.45, 7) is 4.63. The van der Waals surface area contributed by atoms with E-state index < -0.39 is 0 Å². The minimum absolute atomic E-state index is 0.200. The summed E-state index contributed by atoms with van der Waals surface area (Å²) >= 11 is 0. The number of methoxy groups -OCH3 is 1. The standard InChI is InChI=1S/C28H33N3O2/c1-33-27-15-9-8-14-24(27)19-31(20-25-18-29-16-17-30-25)21-26(32)28(22-10-4-2-5-11-22)23-12-6-3-7-13-23/h2-15,25,28-30H,16-21H2,1H3/t25-/m1/s1. The number of piperazine rings is 1. The number of nitrogens with zero attached hydrogens (tertiary/aromatic N) is 1. The number of benzene rings is 3. The molecule has 1 aliphatic rings. The van der Waals surface area contributed by atoms with Crippen molar-refractivity contribution in [3.05, 3.63) is 102 Å². The molecular formula is C28H33N3O2. The summed E-state index contributed by atoms with van der Waals surface area (Å²) < 4.78 is 5.59. The molecule has 5 nitrogen and oxygen atoms in total. The largest absolute Gasteiger partial charge is 0.496 e. The van der Waals surface area contributed by atoms with Gasteiger partial charge < -0.3 is 15.4 Å². The lowest BCUT2D eigenvalue weighted by Gasteiger charge is -2.32. The quantitative estimate of drug-likeness (QED) is 0.503. The number of rotatable bonds is 10. The molecular weight excluding hydrogens is 410 g/mol. The van der Waals surface area contributed by atoms with Gasteiger partial charge in [0.25, 0.3) is 0 Å². The van der Waals surface area contributed by atoms with Crippen molar-refractivity contribution in [2.45, 2.75) is 18.5 Å². The van der Waals surface area contributed by atoms with E-state index >= 15 is 0 Å². The molecule has 33 heavy (non-hydrogen) atoms. The molecule has 172 valence electrons. The molecule has 2 N–H and O–H groups in total. The lowest BCUT2D eigenvalue weighted by Crippen LogP contribution is -2.53. The van der Waals surface area contributed by atoms with Crippen LogP contribution in [0.15, 0.2) is 84.9 Å². The van der Waals surface area contributed by atoms with Crippen molar-refractivity contribution in [3.8, 4) is 5.75 Å². The maximum Gasteiger partial charge on any atom is 0.158 e. The Morgan fingerprint density at radius 1 is 0.939 bits per heavy atom. The highest BCUT2D eigenvalue weighted by atomic mass is 16.5. The lowest BCUT2D eigenvalue weighted by molar-refractivity contribution is -0.121. The average Bonchev–Trinajstić information content (AvgIpc) is 2.86. The van der Waals surface area contributed by atoms with E-state index in [1.165, 1.54) is 0 Å². The Kier molecular flexibility index (Phi) is 8.25. The molecule has 1 aliphatic heterocycles. The van der Waals surface area contributed by atoms with E-state index in [0.717, 1.165) is 48.6 Å². The Bertz CT molecular complexity index is 964. The summed E-state index contributed by atoms with van der Waals surface area (Å²) in [6.07, 6.45) is 0. The predicted octanol–water partition coefficient (Wildman–Crippen LogP) is 3.46. The molecule has 1 heterocycles. The van der Waals surface area contributed by atoms with Gasteiger partial charge in [-0.25, -0.2) is 0 Å². The van der Waals surface area contributed by atoms with Crippen LogP contribution in [0.4, 0.5) is 0 Å². The maximum absolute atomic E-state index is 13.8. The molecule has 0 aliphatic carbocycles. The molecule has 4 rings (SSSR count). The fourth-order valence-electron chi connectivity index (χ4n) is 4.58. The van der Waals surface area contributed by atoms with Gasteiger partial charge in [0.05, 0.1) is 19.6 Å². The van der Waals surface area contributed by atoms with Gasteiger partial charge in [-0.3, -0.25) is 9.69 Å². The summed E-state index contributed by atoms with van der Waals surface area (Å²) in [4.78, 5) is 16.1. The van der Waals surface area contributed by atoms with E-state index in [9.17, 15) is 4.79 Å². The average molecular weight is 444 g/mol. The van der Waals surface area contributed by atoms with Gasteiger partial charge in [-0.1, -0.05) is 78.9 Å². The topological polar surface area (TPSA) is 53.6 Å². The number of Topliss-reactive ketones (excluding diaryl/α,β-unsaturated/α-hetero) is 1. The highest BCUT2D eigenvalue weighted by Crippen LogP contribution is 2.27. The van der Waals surface area contributed by atoms with Gasteiger partial charge in [-0.05, 0) is 17.2 Å². The highest BCUT2D eigenvalue weighted by Gasteiger charge is 2.26. The molecule has 0 aromatic heterocycles. The zero-order valence-corrected chi connectivity index (χ0v) is 19.2. The van der Waals surface area contributed by atoms with Crippen LogP contribution in [0.1, 0.15) is 22.6 Å². The third-order valence-electron chi connectivity index (χ3n) is 6.16. The fourth-order valence-corrected chi connectivity index (χ4v) is 4.58. The van der Waals surface area contributed by atoms with Crippen LogP contribution in [0.25, 0.3) is 0 Å². The molecule has 0 amide bonds. The first-order valence-corrected chi connectivity index (χ1v) is 11.7. The van der Waals surface area contributed by atoms with Crippen LogP contribution in [0, 0.1) is 0 Å². The minimum Gasteiger partial charge on any atom is -0.496 e. The van der Waals surface area contributed by atoms with E-state index in [-0.39, 0.29) is 11.7 Å². The van der Waals surface area contributed by atoms with Gasteiger partial charge in [0.2, 0.25) is 0 Å². The van der Waals surface area contributed by atoms with Crippen molar-refractivity contribution in [1.29, 1.82) is 0 Å². The second kappa shape index (κ2) is 11.8.